The van der Waals surface area contributed by atoms with Gasteiger partial charge in [0, 0.05) is 12.1 Å². The van der Waals surface area contributed by atoms with E-state index < -0.39 is 0 Å². The Balaban J connectivity index is 1.65. The first-order chi connectivity index (χ1) is 9.33. The standard InChI is InChI=1S/C17H24N2/c18-16-5-2-10-19(15-8-9-15)17(16)14-4-1-3-13(11-14)12-6-7-12/h1,3-4,11-12,15-17H,2,5-10,18H2. The molecule has 3 fully saturated rings. The molecule has 1 aliphatic heterocycles. The predicted molar refractivity (Wildman–Crippen MR) is 78.1 cm³/mol. The molecule has 1 heterocycles. The smallest absolute Gasteiger partial charge is 0.0502 e. The summed E-state index contributed by atoms with van der Waals surface area (Å²) in [6.45, 7) is 1.25. The van der Waals surface area contributed by atoms with Crippen molar-refractivity contribution in [3.63, 3.8) is 0 Å². The molecule has 2 nitrogen and oxygen atoms in total. The Kier molecular flexibility index (Phi) is 2.89. The Morgan fingerprint density at radius 3 is 2.53 bits per heavy atom. The number of piperidine rings is 1. The molecule has 102 valence electrons. The molecule has 2 N–H and O–H groups in total. The fourth-order valence-corrected chi connectivity index (χ4v) is 3.72. The van der Waals surface area contributed by atoms with Gasteiger partial charge >= 0.3 is 0 Å². The van der Waals surface area contributed by atoms with Gasteiger partial charge in [0.2, 0.25) is 0 Å². The van der Waals surface area contributed by atoms with Crippen molar-refractivity contribution in [2.45, 2.75) is 62.6 Å². The van der Waals surface area contributed by atoms with Crippen molar-refractivity contribution in [1.29, 1.82) is 0 Å². The highest BCUT2D eigenvalue weighted by Crippen LogP contribution is 2.43. The number of hydrogen-bond acceptors (Lipinski definition) is 2. The van der Waals surface area contributed by atoms with E-state index in [0.29, 0.717) is 12.1 Å². The molecule has 3 aliphatic rings. The Labute approximate surface area is 116 Å². The van der Waals surface area contributed by atoms with Crippen LogP contribution >= 0.6 is 0 Å². The molecule has 2 heteroatoms. The highest BCUT2D eigenvalue weighted by atomic mass is 15.2. The Morgan fingerprint density at radius 2 is 1.79 bits per heavy atom. The zero-order chi connectivity index (χ0) is 12.8. The summed E-state index contributed by atoms with van der Waals surface area (Å²) in [5.74, 6) is 0.842. The summed E-state index contributed by atoms with van der Waals surface area (Å²) in [4.78, 5) is 2.69. The van der Waals surface area contributed by atoms with Crippen LogP contribution in [0.25, 0.3) is 0 Å². The third kappa shape index (κ3) is 2.32. The van der Waals surface area contributed by atoms with Crippen LogP contribution in [-0.2, 0) is 0 Å². The van der Waals surface area contributed by atoms with E-state index in [-0.39, 0.29) is 0 Å². The van der Waals surface area contributed by atoms with E-state index in [1.807, 2.05) is 0 Å². The van der Waals surface area contributed by atoms with Gasteiger partial charge in [0.1, 0.15) is 0 Å². The monoisotopic (exact) mass is 256 g/mol. The molecule has 19 heavy (non-hydrogen) atoms. The van der Waals surface area contributed by atoms with Gasteiger partial charge in [-0.1, -0.05) is 24.3 Å². The first kappa shape index (κ1) is 11.9. The van der Waals surface area contributed by atoms with Crippen LogP contribution in [0.15, 0.2) is 24.3 Å². The molecule has 2 aliphatic carbocycles. The molecular weight excluding hydrogens is 232 g/mol. The fraction of sp³-hybridized carbons (Fsp3) is 0.647. The minimum Gasteiger partial charge on any atom is -0.326 e. The molecule has 0 aromatic heterocycles. The third-order valence-electron chi connectivity index (χ3n) is 5.03. The van der Waals surface area contributed by atoms with Crippen LogP contribution < -0.4 is 5.73 Å². The van der Waals surface area contributed by atoms with E-state index in [4.69, 9.17) is 5.73 Å². The summed E-state index contributed by atoms with van der Waals surface area (Å²) in [6.07, 6.45) is 7.98. The highest BCUT2D eigenvalue weighted by Gasteiger charge is 2.39. The molecule has 0 spiro atoms. The van der Waals surface area contributed by atoms with E-state index in [2.05, 4.69) is 29.2 Å². The molecule has 0 radical (unpaired) electrons. The molecule has 1 aromatic carbocycles. The normalized spacial score (nSPS) is 32.5. The van der Waals surface area contributed by atoms with Gasteiger partial charge in [0.05, 0.1) is 6.04 Å². The van der Waals surface area contributed by atoms with Crippen LogP contribution in [0.2, 0.25) is 0 Å². The highest BCUT2D eigenvalue weighted by molar-refractivity contribution is 5.32. The zero-order valence-corrected chi connectivity index (χ0v) is 11.6. The largest absolute Gasteiger partial charge is 0.326 e. The third-order valence-corrected chi connectivity index (χ3v) is 5.03. The summed E-state index contributed by atoms with van der Waals surface area (Å²) in [6, 6.07) is 10.9. The van der Waals surface area contributed by atoms with Crippen molar-refractivity contribution >= 4 is 0 Å². The number of benzene rings is 1. The summed E-state index contributed by atoms with van der Waals surface area (Å²) in [5, 5.41) is 0. The maximum absolute atomic E-state index is 6.47. The second-order valence-corrected chi connectivity index (χ2v) is 6.66. The van der Waals surface area contributed by atoms with Crippen LogP contribution in [0.5, 0.6) is 0 Å². The van der Waals surface area contributed by atoms with Crippen LogP contribution in [0.3, 0.4) is 0 Å². The molecule has 2 unspecified atom stereocenters. The predicted octanol–water partition coefficient (Wildman–Crippen LogP) is 3.19. The van der Waals surface area contributed by atoms with Gasteiger partial charge in [-0.05, 0) is 62.1 Å². The minimum atomic E-state index is 0.323. The number of nitrogens with two attached hydrogens (primary N) is 1. The van der Waals surface area contributed by atoms with Gasteiger partial charge in [-0.3, -0.25) is 4.90 Å². The van der Waals surface area contributed by atoms with Crippen LogP contribution in [-0.4, -0.2) is 23.5 Å². The van der Waals surface area contributed by atoms with Gasteiger partial charge in [-0.15, -0.1) is 0 Å². The first-order valence-corrected chi connectivity index (χ1v) is 7.94. The number of likely N-dealkylation sites (tertiary alicyclic amines) is 1. The molecule has 2 atom stereocenters. The Hall–Kier alpha value is -0.860. The number of hydrogen-bond donors (Lipinski definition) is 1. The van der Waals surface area contributed by atoms with E-state index >= 15 is 0 Å². The average molecular weight is 256 g/mol. The van der Waals surface area contributed by atoms with E-state index in [0.717, 1.165) is 12.0 Å². The second-order valence-electron chi connectivity index (χ2n) is 6.66. The first-order valence-electron chi connectivity index (χ1n) is 7.94. The summed E-state index contributed by atoms with van der Waals surface area (Å²) in [7, 11) is 0. The van der Waals surface area contributed by atoms with Crippen LogP contribution in [0, 0.1) is 0 Å². The molecular formula is C17H24N2. The zero-order valence-electron chi connectivity index (χ0n) is 11.6. The van der Waals surface area contributed by atoms with Gasteiger partial charge in [0.25, 0.3) is 0 Å². The topological polar surface area (TPSA) is 29.3 Å². The van der Waals surface area contributed by atoms with Crippen molar-refractivity contribution < 1.29 is 0 Å². The van der Waals surface area contributed by atoms with Gasteiger partial charge < -0.3 is 5.73 Å². The Bertz CT molecular complexity index is 462. The minimum absolute atomic E-state index is 0.323. The summed E-state index contributed by atoms with van der Waals surface area (Å²) < 4.78 is 0. The van der Waals surface area contributed by atoms with Crippen molar-refractivity contribution in [2.24, 2.45) is 5.73 Å². The number of nitrogens with zero attached hydrogens (tertiary/aromatic N) is 1. The lowest BCUT2D eigenvalue weighted by Gasteiger charge is -2.40. The van der Waals surface area contributed by atoms with Crippen LogP contribution in [0.1, 0.15) is 61.6 Å². The van der Waals surface area contributed by atoms with Crippen molar-refractivity contribution in [3.05, 3.63) is 35.4 Å². The maximum atomic E-state index is 6.47. The lowest BCUT2D eigenvalue weighted by molar-refractivity contribution is 0.120. The molecule has 1 saturated heterocycles. The van der Waals surface area contributed by atoms with Gasteiger partial charge in [-0.2, -0.15) is 0 Å². The molecule has 0 bridgehead atoms. The maximum Gasteiger partial charge on any atom is 0.0502 e. The van der Waals surface area contributed by atoms with E-state index in [1.165, 1.54) is 50.6 Å². The van der Waals surface area contributed by atoms with Crippen LogP contribution in [0.4, 0.5) is 0 Å². The summed E-state index contributed by atoms with van der Waals surface area (Å²) in [5.41, 5.74) is 9.49. The number of rotatable bonds is 3. The Morgan fingerprint density at radius 1 is 1.00 bits per heavy atom. The fourth-order valence-electron chi connectivity index (χ4n) is 3.72. The second kappa shape index (κ2) is 4.60. The van der Waals surface area contributed by atoms with Crippen molar-refractivity contribution in [3.8, 4) is 0 Å². The summed E-state index contributed by atoms with van der Waals surface area (Å²) >= 11 is 0. The van der Waals surface area contributed by atoms with Gasteiger partial charge in [0.15, 0.2) is 0 Å². The molecule has 4 rings (SSSR count). The molecule has 2 saturated carbocycles. The van der Waals surface area contributed by atoms with Crippen molar-refractivity contribution in [2.75, 3.05) is 6.54 Å². The van der Waals surface area contributed by atoms with E-state index in [1.54, 1.807) is 5.56 Å². The lowest BCUT2D eigenvalue weighted by Crippen LogP contribution is -2.46. The lowest BCUT2D eigenvalue weighted by atomic mass is 9.89. The molecule has 1 aromatic rings. The average Bonchev–Trinajstić information content (AvgIpc) is 3.31. The SMILES string of the molecule is NC1CCCN(C2CC2)C1c1cccc(C2CC2)c1. The van der Waals surface area contributed by atoms with Gasteiger partial charge in [-0.25, -0.2) is 0 Å². The van der Waals surface area contributed by atoms with E-state index in [9.17, 15) is 0 Å². The van der Waals surface area contributed by atoms with Crippen molar-refractivity contribution in [1.82, 2.24) is 4.90 Å². The quantitative estimate of drug-likeness (QED) is 0.900. The molecule has 0 amide bonds.